The molecule has 1 amide bonds. The Hall–Kier alpha value is -5.06. The van der Waals surface area contributed by atoms with E-state index in [0.717, 1.165) is 61.0 Å². The van der Waals surface area contributed by atoms with E-state index in [1.54, 1.807) is 30.5 Å². The van der Waals surface area contributed by atoms with Gasteiger partial charge in [-0.2, -0.15) is 4.98 Å². The molecule has 0 atom stereocenters. The molecule has 0 bridgehead atoms. The number of rotatable bonds is 10. The van der Waals surface area contributed by atoms with Gasteiger partial charge in [-0.05, 0) is 73.5 Å². The normalized spacial score (nSPS) is 13.8. The number of amides is 1. The van der Waals surface area contributed by atoms with Crippen molar-refractivity contribution in [2.75, 3.05) is 56.6 Å². The van der Waals surface area contributed by atoms with Crippen molar-refractivity contribution < 1.29 is 18.7 Å². The van der Waals surface area contributed by atoms with E-state index in [2.05, 4.69) is 32.1 Å². The van der Waals surface area contributed by atoms with Crippen molar-refractivity contribution in [1.29, 1.82) is 0 Å². The van der Waals surface area contributed by atoms with Crippen molar-refractivity contribution in [3.05, 3.63) is 108 Å². The molecule has 4 aromatic carbocycles. The lowest BCUT2D eigenvalue weighted by molar-refractivity contribution is 0.145. The van der Waals surface area contributed by atoms with Gasteiger partial charge in [0.05, 0.1) is 12.3 Å². The maximum Gasteiger partial charge on any atom is 0.425 e. The fraction of sp³-hybridized carbons (Fsp3) is 0.270. The Morgan fingerprint density at radius 3 is 2.45 bits per heavy atom. The number of nitrogens with one attached hydrogen (secondary N) is 1. The molecule has 1 fully saturated rings. The number of benzene rings is 4. The lowest BCUT2D eigenvalue weighted by Crippen LogP contribution is -2.44. The summed E-state index contributed by atoms with van der Waals surface area (Å²) in [6.07, 6.45) is 1.75. The Labute approximate surface area is 274 Å². The van der Waals surface area contributed by atoms with Gasteiger partial charge in [0, 0.05) is 56.7 Å². The van der Waals surface area contributed by atoms with Crippen LogP contribution in [0.3, 0.4) is 0 Å². The van der Waals surface area contributed by atoms with Crippen LogP contribution in [0, 0.1) is 19.7 Å². The van der Waals surface area contributed by atoms with Gasteiger partial charge < -0.3 is 24.6 Å². The minimum absolute atomic E-state index is 0.192. The summed E-state index contributed by atoms with van der Waals surface area (Å²) in [6, 6.07) is 25.5. The highest BCUT2D eigenvalue weighted by molar-refractivity contribution is 5.98. The number of carbonyl (C=O) groups excluding carboxylic acids is 1. The fourth-order valence-corrected chi connectivity index (χ4v) is 5.74. The van der Waals surface area contributed by atoms with E-state index in [1.165, 1.54) is 11.0 Å². The van der Waals surface area contributed by atoms with Crippen molar-refractivity contribution >= 4 is 40.0 Å². The second kappa shape index (κ2) is 14.6. The third-order valence-corrected chi connectivity index (χ3v) is 8.30. The Morgan fingerprint density at radius 1 is 0.915 bits per heavy atom. The largest absolute Gasteiger partial charge is 0.490 e. The van der Waals surface area contributed by atoms with Gasteiger partial charge in [-0.3, -0.25) is 0 Å². The van der Waals surface area contributed by atoms with E-state index in [9.17, 15) is 4.79 Å². The Balaban J connectivity index is 1.17. The summed E-state index contributed by atoms with van der Waals surface area (Å²) >= 11 is 0. The quantitative estimate of drug-likeness (QED) is 0.158. The highest BCUT2D eigenvalue weighted by atomic mass is 19.1. The van der Waals surface area contributed by atoms with Crippen LogP contribution in [0.1, 0.15) is 17.5 Å². The van der Waals surface area contributed by atoms with Gasteiger partial charge in [-0.1, -0.05) is 48.5 Å². The molecule has 10 heteroatoms. The third kappa shape index (κ3) is 7.85. The summed E-state index contributed by atoms with van der Waals surface area (Å²) in [5.74, 6) is 0.613. The second-order valence-electron chi connectivity index (χ2n) is 11.8. The third-order valence-electron chi connectivity index (χ3n) is 8.30. The molecule has 2 heterocycles. The summed E-state index contributed by atoms with van der Waals surface area (Å²) in [7, 11) is 2.13. The molecule has 1 N–H and O–H groups in total. The van der Waals surface area contributed by atoms with E-state index in [1.807, 2.05) is 68.4 Å². The van der Waals surface area contributed by atoms with Gasteiger partial charge in [0.15, 0.2) is 11.6 Å². The number of ether oxygens (including phenoxy) is 2. The van der Waals surface area contributed by atoms with E-state index in [0.29, 0.717) is 29.5 Å². The maximum absolute atomic E-state index is 15.0. The minimum Gasteiger partial charge on any atom is -0.490 e. The number of likely N-dealkylation sites (N-methyl/N-ethyl adjacent to an activating group) is 1. The molecular weight excluding hydrogens is 595 g/mol. The highest BCUT2D eigenvalue weighted by Crippen LogP contribution is 2.33. The first kappa shape index (κ1) is 31.9. The Bertz CT molecular complexity index is 1840. The lowest BCUT2D eigenvalue weighted by atomic mass is 10.1. The van der Waals surface area contributed by atoms with Crippen LogP contribution in [-0.4, -0.2) is 72.2 Å². The smallest absolute Gasteiger partial charge is 0.425 e. The van der Waals surface area contributed by atoms with Crippen LogP contribution < -0.4 is 19.7 Å². The number of hydrogen-bond donors (Lipinski definition) is 1. The number of nitrogens with zero attached hydrogens (tertiary/aromatic N) is 5. The van der Waals surface area contributed by atoms with Crippen molar-refractivity contribution in [3.63, 3.8) is 0 Å². The average molecular weight is 635 g/mol. The molecule has 9 nitrogen and oxygen atoms in total. The van der Waals surface area contributed by atoms with Crippen molar-refractivity contribution in [3.8, 4) is 11.5 Å². The van der Waals surface area contributed by atoms with Crippen LogP contribution in [0.2, 0.25) is 0 Å². The lowest BCUT2D eigenvalue weighted by Gasteiger charge is -2.32. The van der Waals surface area contributed by atoms with Crippen LogP contribution in [0.25, 0.3) is 10.8 Å². The number of hydrogen-bond acceptors (Lipinski definition) is 8. The number of fused-ring (bicyclic) bond motifs is 1. The molecule has 47 heavy (non-hydrogen) atoms. The van der Waals surface area contributed by atoms with Crippen LogP contribution in [0.5, 0.6) is 11.5 Å². The van der Waals surface area contributed by atoms with Gasteiger partial charge in [0.2, 0.25) is 5.95 Å². The summed E-state index contributed by atoms with van der Waals surface area (Å²) in [5.41, 5.74) is 2.84. The predicted molar refractivity (Wildman–Crippen MR) is 184 cm³/mol. The first-order valence-corrected chi connectivity index (χ1v) is 15.8. The molecule has 0 aliphatic carbocycles. The van der Waals surface area contributed by atoms with E-state index in [-0.39, 0.29) is 11.7 Å². The molecule has 6 rings (SSSR count). The zero-order valence-electron chi connectivity index (χ0n) is 26.9. The molecule has 1 saturated heterocycles. The summed E-state index contributed by atoms with van der Waals surface area (Å²) in [6.45, 7) is 9.44. The van der Waals surface area contributed by atoms with Gasteiger partial charge in [-0.25, -0.2) is 19.1 Å². The minimum atomic E-state index is -0.623. The molecule has 1 aliphatic rings. The number of aryl methyl sites for hydroxylation is 2. The second-order valence-corrected chi connectivity index (χ2v) is 11.8. The van der Waals surface area contributed by atoms with Crippen LogP contribution in [-0.2, 0) is 0 Å². The van der Waals surface area contributed by atoms with Gasteiger partial charge >= 0.3 is 6.09 Å². The average Bonchev–Trinajstić information content (AvgIpc) is 3.06. The highest BCUT2D eigenvalue weighted by Gasteiger charge is 2.26. The summed E-state index contributed by atoms with van der Waals surface area (Å²) < 4.78 is 26.7. The first-order valence-electron chi connectivity index (χ1n) is 15.8. The van der Waals surface area contributed by atoms with E-state index >= 15 is 4.39 Å². The van der Waals surface area contributed by atoms with E-state index in [4.69, 9.17) is 9.47 Å². The molecular formula is C37H39FN6O3. The van der Waals surface area contributed by atoms with Crippen LogP contribution >= 0.6 is 0 Å². The van der Waals surface area contributed by atoms with Crippen molar-refractivity contribution in [1.82, 2.24) is 19.8 Å². The number of halogens is 1. The zero-order chi connectivity index (χ0) is 32.8. The monoisotopic (exact) mass is 634 g/mol. The molecule has 1 aliphatic heterocycles. The Kier molecular flexibility index (Phi) is 9.89. The number of piperazine rings is 1. The fourth-order valence-electron chi connectivity index (χ4n) is 5.74. The number of aromatic nitrogens is 2. The SMILES string of the molecule is Cc1cccc(C)c1N(C(=O)Oc1ccc2ccccc2c1)c1ccnc(Nc2ccc(OCCCN3CCN(C)CC3)c(F)c2)n1. The molecule has 5 aromatic rings. The van der Waals surface area contributed by atoms with Gasteiger partial charge in [0.25, 0.3) is 0 Å². The standard InChI is InChI=1S/C37H39FN6O3/c1-26-8-6-9-27(2)35(26)44(37(45)47-31-14-12-28-10-4-5-11-29(28)24-31)34-16-17-39-36(41-34)40-30-13-15-33(32(38)25-30)46-23-7-18-43-21-19-42(3)20-22-43/h4-6,8-17,24-25H,7,18-23H2,1-3H3,(H,39,40,41). The van der Waals surface area contributed by atoms with E-state index < -0.39 is 11.9 Å². The predicted octanol–water partition coefficient (Wildman–Crippen LogP) is 7.48. The molecule has 1 aromatic heterocycles. The summed E-state index contributed by atoms with van der Waals surface area (Å²) in [5, 5.41) is 5.07. The number of anilines is 4. The molecule has 0 radical (unpaired) electrons. The first-order chi connectivity index (χ1) is 22.8. The van der Waals surface area contributed by atoms with Gasteiger partial charge in [0.1, 0.15) is 11.6 Å². The van der Waals surface area contributed by atoms with Crippen molar-refractivity contribution in [2.45, 2.75) is 20.3 Å². The zero-order valence-corrected chi connectivity index (χ0v) is 26.9. The number of para-hydroxylation sites is 1. The molecule has 0 spiro atoms. The maximum atomic E-state index is 15.0. The summed E-state index contributed by atoms with van der Waals surface area (Å²) in [4.78, 5) is 29.0. The van der Waals surface area contributed by atoms with Crippen LogP contribution in [0.15, 0.2) is 91.1 Å². The molecule has 0 unspecified atom stereocenters. The Morgan fingerprint density at radius 2 is 1.68 bits per heavy atom. The number of carbonyl (C=O) groups is 1. The van der Waals surface area contributed by atoms with Crippen LogP contribution in [0.4, 0.5) is 32.3 Å². The molecule has 0 saturated carbocycles. The topological polar surface area (TPSA) is 83.1 Å². The van der Waals surface area contributed by atoms with Gasteiger partial charge in [-0.15, -0.1) is 0 Å². The van der Waals surface area contributed by atoms with Crippen molar-refractivity contribution in [2.24, 2.45) is 0 Å². The molecule has 242 valence electrons.